The van der Waals surface area contributed by atoms with Crippen molar-refractivity contribution >= 4 is 21.9 Å². The number of ether oxygens (including phenoxy) is 2. The van der Waals surface area contributed by atoms with Crippen molar-refractivity contribution in [3.63, 3.8) is 0 Å². The molecule has 1 aliphatic carbocycles. The van der Waals surface area contributed by atoms with Crippen LogP contribution in [0.1, 0.15) is 23.4 Å². The number of carboxylic acid groups (broad SMARTS) is 1. The first-order valence-corrected chi connectivity index (χ1v) is 7.65. The van der Waals surface area contributed by atoms with Gasteiger partial charge in [0, 0.05) is 21.5 Å². The van der Waals surface area contributed by atoms with E-state index in [4.69, 9.17) is 19.1 Å². The number of rotatable bonds is 2. The van der Waals surface area contributed by atoms with Gasteiger partial charge in [0.2, 0.25) is 5.76 Å². The summed E-state index contributed by atoms with van der Waals surface area (Å²) in [5.41, 5.74) is 1.29. The van der Waals surface area contributed by atoms with E-state index in [2.05, 4.69) is 21.1 Å². The van der Waals surface area contributed by atoms with Crippen LogP contribution in [-0.2, 0) is 0 Å². The summed E-state index contributed by atoms with van der Waals surface area (Å²) in [6.45, 7) is 1.30. The third-order valence-corrected chi connectivity index (χ3v) is 4.71. The van der Waals surface area contributed by atoms with Gasteiger partial charge >= 0.3 is 5.97 Å². The van der Waals surface area contributed by atoms with Crippen LogP contribution in [0.3, 0.4) is 0 Å². The van der Waals surface area contributed by atoms with Crippen LogP contribution in [0, 0.1) is 5.41 Å². The van der Waals surface area contributed by atoms with Gasteiger partial charge in [0.25, 0.3) is 0 Å². The SMILES string of the molecule is O=C(O)c1cc(-c2cc3c(cc2Br)OCC2(CC2)CO3)no1. The largest absolute Gasteiger partial charge is 0.489 e. The molecule has 0 amide bonds. The van der Waals surface area contributed by atoms with Gasteiger partial charge in [0.1, 0.15) is 5.69 Å². The minimum Gasteiger partial charge on any atom is -0.489 e. The zero-order valence-electron chi connectivity index (χ0n) is 11.5. The number of hydrogen-bond donors (Lipinski definition) is 1. The number of benzene rings is 1. The Morgan fingerprint density at radius 3 is 2.45 bits per heavy atom. The summed E-state index contributed by atoms with van der Waals surface area (Å²) >= 11 is 3.46. The minimum absolute atomic E-state index is 0.163. The van der Waals surface area contributed by atoms with E-state index in [9.17, 15) is 4.79 Å². The monoisotopic (exact) mass is 365 g/mol. The number of aromatic nitrogens is 1. The number of carboxylic acids is 1. The Kier molecular flexibility index (Phi) is 2.94. The molecule has 0 unspecified atom stereocenters. The molecular weight excluding hydrogens is 354 g/mol. The van der Waals surface area contributed by atoms with E-state index < -0.39 is 5.97 Å². The maximum Gasteiger partial charge on any atom is 0.374 e. The molecule has 1 aromatic carbocycles. The number of halogens is 1. The summed E-state index contributed by atoms with van der Waals surface area (Å²) in [4.78, 5) is 10.9. The van der Waals surface area contributed by atoms with E-state index in [1.165, 1.54) is 6.07 Å². The van der Waals surface area contributed by atoms with Crippen molar-refractivity contribution in [3.8, 4) is 22.8 Å². The van der Waals surface area contributed by atoms with Crippen LogP contribution in [0.25, 0.3) is 11.3 Å². The molecule has 114 valence electrons. The summed E-state index contributed by atoms with van der Waals surface area (Å²) in [7, 11) is 0. The zero-order chi connectivity index (χ0) is 15.3. The molecule has 1 aliphatic heterocycles. The molecule has 4 rings (SSSR count). The first-order chi connectivity index (χ1) is 10.6. The first-order valence-electron chi connectivity index (χ1n) is 6.86. The zero-order valence-corrected chi connectivity index (χ0v) is 13.1. The van der Waals surface area contributed by atoms with Gasteiger partial charge < -0.3 is 19.1 Å². The second-order valence-corrected chi connectivity index (χ2v) is 6.59. The Bertz CT molecular complexity index is 765. The van der Waals surface area contributed by atoms with E-state index in [1.807, 2.05) is 6.07 Å². The van der Waals surface area contributed by atoms with Crippen molar-refractivity contribution in [3.05, 3.63) is 28.4 Å². The molecule has 22 heavy (non-hydrogen) atoms. The number of hydrogen-bond acceptors (Lipinski definition) is 5. The van der Waals surface area contributed by atoms with Crippen molar-refractivity contribution < 1.29 is 23.9 Å². The number of fused-ring (bicyclic) bond motifs is 1. The summed E-state index contributed by atoms with van der Waals surface area (Å²) in [5, 5.41) is 12.7. The molecule has 0 radical (unpaired) electrons. The molecule has 0 bridgehead atoms. The van der Waals surface area contributed by atoms with Crippen LogP contribution in [-0.4, -0.2) is 29.4 Å². The van der Waals surface area contributed by atoms with Crippen LogP contribution >= 0.6 is 15.9 Å². The van der Waals surface area contributed by atoms with Crippen molar-refractivity contribution in [1.29, 1.82) is 0 Å². The number of aromatic carboxylic acids is 1. The molecule has 7 heteroatoms. The average Bonchev–Trinajstić information content (AvgIpc) is 3.14. The molecule has 1 N–H and O–H groups in total. The van der Waals surface area contributed by atoms with Crippen molar-refractivity contribution in [2.24, 2.45) is 5.41 Å². The van der Waals surface area contributed by atoms with E-state index in [0.717, 1.165) is 17.3 Å². The van der Waals surface area contributed by atoms with E-state index in [-0.39, 0.29) is 11.2 Å². The molecular formula is C15H12BrNO5. The van der Waals surface area contributed by atoms with Crippen LogP contribution in [0.15, 0.2) is 27.2 Å². The topological polar surface area (TPSA) is 81.8 Å². The van der Waals surface area contributed by atoms with E-state index >= 15 is 0 Å². The second-order valence-electron chi connectivity index (χ2n) is 5.74. The average molecular weight is 366 g/mol. The molecule has 1 saturated carbocycles. The normalized spacial score (nSPS) is 18.0. The highest BCUT2D eigenvalue weighted by atomic mass is 79.9. The van der Waals surface area contributed by atoms with Crippen molar-refractivity contribution in [1.82, 2.24) is 5.16 Å². The number of nitrogens with zero attached hydrogens (tertiary/aromatic N) is 1. The van der Waals surface area contributed by atoms with E-state index in [1.54, 1.807) is 6.07 Å². The van der Waals surface area contributed by atoms with Gasteiger partial charge in [0.05, 0.1) is 13.2 Å². The lowest BCUT2D eigenvalue weighted by Gasteiger charge is -2.10. The predicted octanol–water partition coefficient (Wildman–Crippen LogP) is 3.35. The fourth-order valence-corrected chi connectivity index (χ4v) is 2.95. The highest BCUT2D eigenvalue weighted by Crippen LogP contribution is 2.50. The molecule has 2 heterocycles. The smallest absolute Gasteiger partial charge is 0.374 e. The molecule has 6 nitrogen and oxygen atoms in total. The lowest BCUT2D eigenvalue weighted by molar-refractivity contribution is 0.0652. The third-order valence-electron chi connectivity index (χ3n) is 4.06. The van der Waals surface area contributed by atoms with Gasteiger partial charge in [-0.1, -0.05) is 5.16 Å². The molecule has 2 aromatic rings. The maximum absolute atomic E-state index is 10.9. The van der Waals surface area contributed by atoms with Crippen LogP contribution in [0.4, 0.5) is 0 Å². The van der Waals surface area contributed by atoms with Crippen LogP contribution in [0.2, 0.25) is 0 Å². The summed E-state index contributed by atoms with van der Waals surface area (Å²) in [6, 6.07) is 5.00. The quantitative estimate of drug-likeness (QED) is 0.878. The standard InChI is InChI=1S/C15H12BrNO5/c16-9-4-12-11(20-6-15(1-2-15)7-21-12)3-8(9)10-5-13(14(18)19)22-17-10/h3-5H,1-2,6-7H2,(H,18,19). The van der Waals surface area contributed by atoms with Gasteiger partial charge in [-0.15, -0.1) is 0 Å². The third kappa shape index (κ3) is 2.25. The lowest BCUT2D eigenvalue weighted by atomic mass is 10.1. The molecule has 1 spiro atoms. The highest BCUT2D eigenvalue weighted by Gasteiger charge is 2.46. The molecule has 2 aliphatic rings. The van der Waals surface area contributed by atoms with Gasteiger partial charge in [-0.2, -0.15) is 0 Å². The molecule has 0 atom stereocenters. The molecule has 1 aromatic heterocycles. The summed E-state index contributed by atoms with van der Waals surface area (Å²) in [6.07, 6.45) is 2.25. The molecule has 0 saturated heterocycles. The van der Waals surface area contributed by atoms with Gasteiger partial charge in [-0.05, 0) is 40.9 Å². The Labute approximate surface area is 134 Å². The second kappa shape index (κ2) is 4.74. The van der Waals surface area contributed by atoms with Crippen LogP contribution in [0.5, 0.6) is 11.5 Å². The Morgan fingerprint density at radius 1 is 1.18 bits per heavy atom. The van der Waals surface area contributed by atoms with E-state index in [0.29, 0.717) is 36.0 Å². The number of carbonyl (C=O) groups is 1. The van der Waals surface area contributed by atoms with Crippen molar-refractivity contribution in [2.45, 2.75) is 12.8 Å². The van der Waals surface area contributed by atoms with Gasteiger partial charge in [-0.3, -0.25) is 0 Å². The summed E-state index contributed by atoms with van der Waals surface area (Å²) < 4.78 is 17.3. The Balaban J connectivity index is 1.71. The highest BCUT2D eigenvalue weighted by molar-refractivity contribution is 9.10. The fourth-order valence-electron chi connectivity index (χ4n) is 2.43. The van der Waals surface area contributed by atoms with Gasteiger partial charge in [0.15, 0.2) is 11.5 Å². The minimum atomic E-state index is -1.15. The van der Waals surface area contributed by atoms with Gasteiger partial charge in [-0.25, -0.2) is 4.79 Å². The first kappa shape index (κ1) is 13.6. The molecule has 1 fully saturated rings. The lowest BCUT2D eigenvalue weighted by Crippen LogP contribution is -2.17. The maximum atomic E-state index is 10.9. The van der Waals surface area contributed by atoms with Crippen molar-refractivity contribution in [2.75, 3.05) is 13.2 Å². The summed E-state index contributed by atoms with van der Waals surface area (Å²) in [5.74, 6) is -0.0333. The predicted molar refractivity (Wildman–Crippen MR) is 79.3 cm³/mol. The Hall–Kier alpha value is -2.02. The fraction of sp³-hybridized carbons (Fsp3) is 0.333. The van der Waals surface area contributed by atoms with Crippen LogP contribution < -0.4 is 9.47 Å². The Morgan fingerprint density at radius 2 is 1.86 bits per heavy atom.